The Hall–Kier alpha value is -3.10. The van der Waals surface area contributed by atoms with E-state index in [4.69, 9.17) is 4.74 Å². The first-order valence-electron chi connectivity index (χ1n) is 9.59. The van der Waals surface area contributed by atoms with Crippen LogP contribution < -0.4 is 16.6 Å². The second kappa shape index (κ2) is 7.73. The summed E-state index contributed by atoms with van der Waals surface area (Å²) in [5.74, 6) is -0.247. The molecule has 29 heavy (non-hydrogen) atoms. The van der Waals surface area contributed by atoms with Crippen molar-refractivity contribution in [2.45, 2.75) is 52.2 Å². The van der Waals surface area contributed by atoms with Crippen molar-refractivity contribution in [1.82, 2.24) is 14.5 Å². The fraction of sp³-hybridized carbons (Fsp3) is 0.500. The van der Waals surface area contributed by atoms with E-state index in [0.717, 1.165) is 0 Å². The minimum atomic E-state index is -0.577. The van der Waals surface area contributed by atoms with Crippen LogP contribution in [0, 0.1) is 0 Å². The number of anilines is 1. The molecule has 9 heteroatoms. The SMILES string of the molecule is CC(=O)Nc1ccc2[nH]c(=O)n(C3CCN(C(=O)OC(C)(C)C)CC3)c(=O)c2c1. The summed E-state index contributed by atoms with van der Waals surface area (Å²) in [7, 11) is 0. The van der Waals surface area contributed by atoms with Crippen molar-refractivity contribution < 1.29 is 14.3 Å². The maximum Gasteiger partial charge on any atom is 0.410 e. The number of hydrogen-bond acceptors (Lipinski definition) is 5. The van der Waals surface area contributed by atoms with Crippen molar-refractivity contribution in [2.75, 3.05) is 18.4 Å². The highest BCUT2D eigenvalue weighted by molar-refractivity contribution is 5.91. The van der Waals surface area contributed by atoms with Gasteiger partial charge in [-0.3, -0.25) is 14.2 Å². The van der Waals surface area contributed by atoms with E-state index in [1.165, 1.54) is 11.5 Å². The van der Waals surface area contributed by atoms with Gasteiger partial charge in [-0.1, -0.05) is 0 Å². The molecule has 0 saturated carbocycles. The third kappa shape index (κ3) is 4.67. The molecule has 3 rings (SSSR count). The van der Waals surface area contributed by atoms with Crippen LogP contribution >= 0.6 is 0 Å². The second-order valence-corrected chi connectivity index (χ2v) is 8.25. The summed E-state index contributed by atoms with van der Waals surface area (Å²) in [5.41, 5.74) is -0.569. The summed E-state index contributed by atoms with van der Waals surface area (Å²) in [5, 5.41) is 2.96. The van der Waals surface area contributed by atoms with Crippen molar-refractivity contribution in [3.8, 4) is 0 Å². The molecule has 0 atom stereocenters. The third-order valence-electron chi connectivity index (χ3n) is 4.73. The monoisotopic (exact) mass is 402 g/mol. The van der Waals surface area contributed by atoms with Gasteiger partial charge in [0.25, 0.3) is 5.56 Å². The molecule has 1 aromatic heterocycles. The molecule has 0 radical (unpaired) electrons. The molecule has 1 fully saturated rings. The molecular weight excluding hydrogens is 376 g/mol. The third-order valence-corrected chi connectivity index (χ3v) is 4.73. The molecule has 1 aliphatic rings. The molecule has 2 aromatic rings. The zero-order chi connectivity index (χ0) is 21.3. The van der Waals surface area contributed by atoms with Crippen molar-refractivity contribution in [2.24, 2.45) is 0 Å². The van der Waals surface area contributed by atoms with Crippen LogP contribution in [0.15, 0.2) is 27.8 Å². The number of piperidine rings is 1. The van der Waals surface area contributed by atoms with Crippen molar-refractivity contribution in [3.05, 3.63) is 39.0 Å². The van der Waals surface area contributed by atoms with Gasteiger partial charge in [-0.15, -0.1) is 0 Å². The van der Waals surface area contributed by atoms with Gasteiger partial charge in [-0.25, -0.2) is 9.59 Å². The van der Waals surface area contributed by atoms with Gasteiger partial charge >= 0.3 is 11.8 Å². The smallest absolute Gasteiger partial charge is 0.410 e. The Balaban J connectivity index is 1.85. The van der Waals surface area contributed by atoms with E-state index in [2.05, 4.69) is 10.3 Å². The molecule has 1 aromatic carbocycles. The summed E-state index contributed by atoms with van der Waals surface area (Å²) in [6, 6.07) is 4.46. The molecule has 2 heterocycles. The Bertz CT molecular complexity index is 1060. The van der Waals surface area contributed by atoms with Crippen LogP contribution in [0.2, 0.25) is 0 Å². The number of rotatable bonds is 2. The van der Waals surface area contributed by atoms with E-state index < -0.39 is 22.9 Å². The molecule has 156 valence electrons. The number of likely N-dealkylation sites (tertiary alicyclic amines) is 1. The van der Waals surface area contributed by atoms with Gasteiger partial charge in [0.15, 0.2) is 0 Å². The topological polar surface area (TPSA) is 114 Å². The highest BCUT2D eigenvalue weighted by Gasteiger charge is 2.29. The lowest BCUT2D eigenvalue weighted by atomic mass is 10.0. The summed E-state index contributed by atoms with van der Waals surface area (Å²) in [6.45, 7) is 7.60. The van der Waals surface area contributed by atoms with Crippen molar-refractivity contribution in [1.29, 1.82) is 0 Å². The van der Waals surface area contributed by atoms with Crippen molar-refractivity contribution >= 4 is 28.6 Å². The number of H-pyrrole nitrogens is 1. The molecule has 9 nitrogen and oxygen atoms in total. The molecule has 1 aliphatic heterocycles. The molecule has 2 N–H and O–H groups in total. The minimum Gasteiger partial charge on any atom is -0.444 e. The van der Waals surface area contributed by atoms with Gasteiger partial charge in [0.2, 0.25) is 5.91 Å². The van der Waals surface area contributed by atoms with E-state index in [1.807, 2.05) is 0 Å². The molecule has 0 spiro atoms. The quantitative estimate of drug-likeness (QED) is 0.800. The van der Waals surface area contributed by atoms with E-state index in [1.54, 1.807) is 43.9 Å². The fourth-order valence-electron chi connectivity index (χ4n) is 3.47. The molecule has 0 unspecified atom stereocenters. The predicted molar refractivity (Wildman–Crippen MR) is 109 cm³/mol. The summed E-state index contributed by atoms with van der Waals surface area (Å²) in [6.07, 6.45) is 0.550. The van der Waals surface area contributed by atoms with Crippen LogP contribution in [0.3, 0.4) is 0 Å². The van der Waals surface area contributed by atoms with Crippen LogP contribution in [-0.2, 0) is 9.53 Å². The predicted octanol–water partition coefficient (Wildman–Crippen LogP) is 2.22. The second-order valence-electron chi connectivity index (χ2n) is 8.25. The van der Waals surface area contributed by atoms with Gasteiger partial charge in [-0.05, 0) is 51.8 Å². The Labute approximate surface area is 167 Å². The molecule has 0 aliphatic carbocycles. The van der Waals surface area contributed by atoms with E-state index in [0.29, 0.717) is 42.5 Å². The Morgan fingerprint density at radius 2 is 1.83 bits per heavy atom. The van der Waals surface area contributed by atoms with E-state index in [9.17, 15) is 19.2 Å². The largest absolute Gasteiger partial charge is 0.444 e. The van der Waals surface area contributed by atoms with Crippen LogP contribution in [0.1, 0.15) is 46.6 Å². The van der Waals surface area contributed by atoms with Gasteiger partial charge < -0.3 is 19.9 Å². The highest BCUT2D eigenvalue weighted by Crippen LogP contribution is 2.22. The molecule has 0 bridgehead atoms. The molecular formula is C20H26N4O5. The standard InChI is InChI=1S/C20H26N4O5/c1-12(25)21-13-5-6-16-15(11-13)17(26)24(18(27)22-16)14-7-9-23(10-8-14)19(28)29-20(2,3)4/h5-6,11,14H,7-10H2,1-4H3,(H,21,25)(H,22,27). The van der Waals surface area contributed by atoms with E-state index >= 15 is 0 Å². The molecule has 2 amide bonds. The zero-order valence-corrected chi connectivity index (χ0v) is 17.1. The van der Waals surface area contributed by atoms with Gasteiger partial charge in [0.1, 0.15) is 5.60 Å². The van der Waals surface area contributed by atoms with Crippen LogP contribution in [-0.4, -0.2) is 45.1 Å². The van der Waals surface area contributed by atoms with Crippen LogP contribution in [0.4, 0.5) is 10.5 Å². The van der Waals surface area contributed by atoms with Gasteiger partial charge in [0.05, 0.1) is 10.9 Å². The number of aromatic nitrogens is 2. The first-order valence-corrected chi connectivity index (χ1v) is 9.59. The van der Waals surface area contributed by atoms with Gasteiger partial charge in [0, 0.05) is 31.7 Å². The zero-order valence-electron chi connectivity index (χ0n) is 17.1. The Morgan fingerprint density at radius 3 is 2.41 bits per heavy atom. The number of ether oxygens (including phenoxy) is 1. The summed E-state index contributed by atoms with van der Waals surface area (Å²) in [4.78, 5) is 53.4. The fourth-order valence-corrected chi connectivity index (χ4v) is 3.47. The number of carbonyl (C=O) groups excluding carboxylic acids is 2. The average molecular weight is 402 g/mol. The number of nitrogens with one attached hydrogen (secondary N) is 2. The number of aromatic amines is 1. The molecule has 1 saturated heterocycles. The van der Waals surface area contributed by atoms with Crippen LogP contribution in [0.25, 0.3) is 10.9 Å². The number of benzene rings is 1. The average Bonchev–Trinajstić information content (AvgIpc) is 2.61. The minimum absolute atomic E-state index is 0.247. The highest BCUT2D eigenvalue weighted by atomic mass is 16.6. The maximum atomic E-state index is 13.0. The van der Waals surface area contributed by atoms with Crippen molar-refractivity contribution in [3.63, 3.8) is 0 Å². The lowest BCUT2D eigenvalue weighted by Gasteiger charge is -2.33. The lowest BCUT2D eigenvalue weighted by Crippen LogP contribution is -2.46. The number of nitrogens with zero attached hydrogens (tertiary/aromatic N) is 2. The van der Waals surface area contributed by atoms with Gasteiger partial charge in [-0.2, -0.15) is 0 Å². The number of hydrogen-bond donors (Lipinski definition) is 2. The first kappa shape index (κ1) is 20.6. The normalized spacial score (nSPS) is 15.4. The summed E-state index contributed by atoms with van der Waals surface area (Å²) < 4.78 is 6.60. The summed E-state index contributed by atoms with van der Waals surface area (Å²) >= 11 is 0. The number of carbonyl (C=O) groups is 2. The lowest BCUT2D eigenvalue weighted by molar-refractivity contribution is -0.114. The van der Waals surface area contributed by atoms with E-state index in [-0.39, 0.29) is 11.9 Å². The number of amides is 2. The Kier molecular flexibility index (Phi) is 5.50. The first-order chi connectivity index (χ1) is 13.5. The number of fused-ring (bicyclic) bond motifs is 1. The van der Waals surface area contributed by atoms with Crippen LogP contribution in [0.5, 0.6) is 0 Å². The Morgan fingerprint density at radius 1 is 1.17 bits per heavy atom. The maximum absolute atomic E-state index is 13.0.